The highest BCUT2D eigenvalue weighted by molar-refractivity contribution is 7.85. The first-order valence-corrected chi connectivity index (χ1v) is 15.3. The average molecular weight is 623 g/mol. The van der Waals surface area contributed by atoms with E-state index < -0.39 is 33.9 Å². The molecule has 43 heavy (non-hydrogen) atoms. The Morgan fingerprint density at radius 2 is 1.77 bits per heavy atom. The largest absolute Gasteiger partial charge is 0.465 e. The van der Waals surface area contributed by atoms with E-state index >= 15 is 0 Å². The van der Waals surface area contributed by atoms with Gasteiger partial charge >= 0.3 is 12.1 Å². The molecule has 0 saturated carbocycles. The molecular formula is C29H33F3N4O6S. The van der Waals surface area contributed by atoms with Gasteiger partial charge in [0.2, 0.25) is 0 Å². The zero-order valence-corrected chi connectivity index (χ0v) is 25.0. The monoisotopic (exact) mass is 622 g/mol. The standard InChI is InChI=1S/C29H33F3N4O6S/c1-18(22-7-9-23(10-8-22)28(38)41-3)33-26(37)25-19(2)34-36-12-11-35(27(25)36)17-21-14-20(6-5-13-42-43(4,39)40)15-24(16-21)29(30,31)32/h7-10,14-16,18H,5-6,11-13,17H2,1-4H3,(H,33,37)/t18-/m0/s1. The molecule has 0 aliphatic carbocycles. The molecular weight excluding hydrogens is 589 g/mol. The van der Waals surface area contributed by atoms with Gasteiger partial charge in [0.25, 0.3) is 16.0 Å². The number of halogens is 3. The molecule has 3 aromatic rings. The molecule has 0 radical (unpaired) electrons. The summed E-state index contributed by atoms with van der Waals surface area (Å²) in [4.78, 5) is 27.0. The van der Waals surface area contributed by atoms with Crippen molar-refractivity contribution in [1.29, 1.82) is 0 Å². The number of amides is 1. The maximum atomic E-state index is 13.8. The maximum Gasteiger partial charge on any atom is 0.416 e. The van der Waals surface area contributed by atoms with Crippen molar-refractivity contribution in [3.63, 3.8) is 0 Å². The highest BCUT2D eigenvalue weighted by Gasteiger charge is 2.33. The van der Waals surface area contributed by atoms with E-state index in [2.05, 4.69) is 10.4 Å². The number of nitrogens with one attached hydrogen (secondary N) is 1. The Kier molecular flexibility index (Phi) is 9.50. The number of hydrogen-bond donors (Lipinski definition) is 1. The summed E-state index contributed by atoms with van der Waals surface area (Å²) < 4.78 is 74.8. The van der Waals surface area contributed by atoms with E-state index in [-0.39, 0.29) is 31.9 Å². The summed E-state index contributed by atoms with van der Waals surface area (Å²) in [6, 6.07) is 10.0. The van der Waals surface area contributed by atoms with Crippen molar-refractivity contribution in [2.24, 2.45) is 0 Å². The van der Waals surface area contributed by atoms with E-state index in [1.165, 1.54) is 7.11 Å². The van der Waals surface area contributed by atoms with Gasteiger partial charge in [-0.05, 0) is 67.6 Å². The number of ether oxygens (including phenoxy) is 1. The molecule has 232 valence electrons. The van der Waals surface area contributed by atoms with Crippen molar-refractivity contribution in [2.75, 3.05) is 31.4 Å². The van der Waals surface area contributed by atoms with Gasteiger partial charge in [0, 0.05) is 13.1 Å². The van der Waals surface area contributed by atoms with Crippen molar-refractivity contribution in [3.05, 3.63) is 81.5 Å². The minimum absolute atomic E-state index is 0.104. The van der Waals surface area contributed by atoms with Crippen molar-refractivity contribution >= 4 is 27.8 Å². The van der Waals surface area contributed by atoms with E-state index in [1.807, 2.05) is 4.90 Å². The van der Waals surface area contributed by atoms with E-state index in [0.717, 1.165) is 24.0 Å². The Morgan fingerprint density at radius 1 is 1.09 bits per heavy atom. The number of rotatable bonds is 11. The molecule has 1 atom stereocenters. The van der Waals surface area contributed by atoms with Gasteiger partial charge in [-0.15, -0.1) is 0 Å². The molecule has 2 heterocycles. The van der Waals surface area contributed by atoms with E-state index in [4.69, 9.17) is 8.92 Å². The number of esters is 1. The topological polar surface area (TPSA) is 120 Å². The van der Waals surface area contributed by atoms with E-state index in [1.54, 1.807) is 48.9 Å². The number of carbonyl (C=O) groups excluding carboxylic acids is 2. The lowest BCUT2D eigenvalue weighted by Crippen LogP contribution is -2.29. The quantitative estimate of drug-likeness (QED) is 0.190. The molecule has 0 spiro atoms. The predicted molar refractivity (Wildman–Crippen MR) is 152 cm³/mol. The number of anilines is 1. The fraction of sp³-hybridized carbons (Fsp3) is 0.414. The highest BCUT2D eigenvalue weighted by atomic mass is 32.2. The third-order valence-electron chi connectivity index (χ3n) is 7.05. The van der Waals surface area contributed by atoms with Crippen LogP contribution in [0, 0.1) is 6.92 Å². The second kappa shape index (κ2) is 12.8. The van der Waals surface area contributed by atoms with Gasteiger partial charge in [-0.3, -0.25) is 8.98 Å². The molecule has 14 heteroatoms. The number of methoxy groups -OCH3 is 1. The number of carbonyl (C=O) groups is 2. The van der Waals surface area contributed by atoms with Crippen molar-refractivity contribution in [1.82, 2.24) is 15.1 Å². The van der Waals surface area contributed by atoms with Crippen LogP contribution in [0.5, 0.6) is 0 Å². The minimum atomic E-state index is -4.58. The number of nitrogens with zero attached hydrogens (tertiary/aromatic N) is 3. The van der Waals surface area contributed by atoms with E-state index in [0.29, 0.717) is 46.9 Å². The zero-order valence-electron chi connectivity index (χ0n) is 24.2. The third-order valence-corrected chi connectivity index (χ3v) is 7.64. The molecule has 0 bridgehead atoms. The van der Waals surface area contributed by atoms with Crippen LogP contribution in [0.3, 0.4) is 0 Å². The molecule has 1 amide bonds. The predicted octanol–water partition coefficient (Wildman–Crippen LogP) is 4.42. The summed E-state index contributed by atoms with van der Waals surface area (Å²) in [7, 11) is -2.35. The molecule has 10 nitrogen and oxygen atoms in total. The lowest BCUT2D eigenvalue weighted by Gasteiger charge is -2.21. The molecule has 0 fully saturated rings. The van der Waals surface area contributed by atoms with Crippen LogP contribution >= 0.6 is 0 Å². The van der Waals surface area contributed by atoms with Crippen LogP contribution in [0.4, 0.5) is 19.0 Å². The first-order valence-electron chi connectivity index (χ1n) is 13.5. The molecule has 2 aromatic carbocycles. The number of fused-ring (bicyclic) bond motifs is 1. The van der Waals surface area contributed by atoms with Gasteiger partial charge in [-0.25, -0.2) is 9.48 Å². The summed E-state index contributed by atoms with van der Waals surface area (Å²) in [5.41, 5.74) is 1.95. The van der Waals surface area contributed by atoms with Crippen LogP contribution in [-0.4, -0.2) is 56.6 Å². The first kappa shape index (κ1) is 32.0. The first-order chi connectivity index (χ1) is 20.2. The summed E-state index contributed by atoms with van der Waals surface area (Å²) >= 11 is 0. The Bertz CT molecular complexity index is 1600. The van der Waals surface area contributed by atoms with Gasteiger partial charge in [0.15, 0.2) is 0 Å². The van der Waals surface area contributed by atoms with Crippen LogP contribution in [0.15, 0.2) is 42.5 Å². The Labute approximate surface area is 247 Å². The molecule has 1 aliphatic rings. The zero-order chi connectivity index (χ0) is 31.5. The highest BCUT2D eigenvalue weighted by Crippen LogP contribution is 2.34. The summed E-state index contributed by atoms with van der Waals surface area (Å²) in [6.45, 7) is 4.38. The SMILES string of the molecule is COC(=O)c1ccc([C@H](C)NC(=O)c2c(C)nn3c2N(Cc2cc(CCCOS(C)(=O)=O)cc(C(F)(F)F)c2)CC3)cc1. The van der Waals surface area contributed by atoms with Crippen molar-refractivity contribution < 1.29 is 40.1 Å². The second-order valence-electron chi connectivity index (χ2n) is 10.4. The molecule has 0 saturated heterocycles. The lowest BCUT2D eigenvalue weighted by molar-refractivity contribution is -0.137. The summed E-state index contributed by atoms with van der Waals surface area (Å²) in [5, 5.41) is 7.44. The van der Waals surface area contributed by atoms with Crippen molar-refractivity contribution in [3.8, 4) is 0 Å². The Morgan fingerprint density at radius 3 is 2.40 bits per heavy atom. The fourth-order valence-electron chi connectivity index (χ4n) is 5.03. The molecule has 0 unspecified atom stereocenters. The Hall–Kier alpha value is -3.91. The lowest BCUT2D eigenvalue weighted by atomic mass is 10.0. The van der Waals surface area contributed by atoms with E-state index in [9.17, 15) is 31.2 Å². The third kappa shape index (κ3) is 7.93. The van der Waals surface area contributed by atoms with Crippen molar-refractivity contribution in [2.45, 2.75) is 52.0 Å². The Balaban J connectivity index is 1.53. The van der Waals surface area contributed by atoms with Crippen LogP contribution in [-0.2, 0) is 44.7 Å². The number of alkyl halides is 3. The summed E-state index contributed by atoms with van der Waals surface area (Å²) in [6.07, 6.45) is -3.25. The van der Waals surface area contributed by atoms with Crippen LogP contribution in [0.25, 0.3) is 0 Å². The van der Waals surface area contributed by atoms with Gasteiger partial charge in [0.05, 0.1) is 49.4 Å². The molecule has 1 aliphatic heterocycles. The molecule has 1 N–H and O–H groups in total. The smallest absolute Gasteiger partial charge is 0.416 e. The van der Waals surface area contributed by atoms with Gasteiger partial charge in [-0.2, -0.15) is 26.7 Å². The molecule has 4 rings (SSSR count). The van der Waals surface area contributed by atoms with Crippen LogP contribution < -0.4 is 10.2 Å². The second-order valence-corrected chi connectivity index (χ2v) is 12.0. The maximum absolute atomic E-state index is 13.8. The van der Waals surface area contributed by atoms with Crippen LogP contribution in [0.1, 0.15) is 68.1 Å². The number of aryl methyl sites for hydroxylation is 2. The number of benzene rings is 2. The van der Waals surface area contributed by atoms with Gasteiger partial charge in [0.1, 0.15) is 11.4 Å². The van der Waals surface area contributed by atoms with Crippen LogP contribution in [0.2, 0.25) is 0 Å². The normalized spacial score (nSPS) is 14.0. The number of hydrogen-bond acceptors (Lipinski definition) is 8. The minimum Gasteiger partial charge on any atom is -0.465 e. The fourth-order valence-corrected chi connectivity index (χ4v) is 5.46. The van der Waals surface area contributed by atoms with Gasteiger partial charge in [-0.1, -0.05) is 18.2 Å². The number of aromatic nitrogens is 2. The molecule has 1 aromatic heterocycles. The summed E-state index contributed by atoms with van der Waals surface area (Å²) in [5.74, 6) is -0.335. The average Bonchev–Trinajstić information content (AvgIpc) is 3.47. The van der Waals surface area contributed by atoms with Gasteiger partial charge < -0.3 is 15.0 Å².